The molecule has 0 radical (unpaired) electrons. The Morgan fingerprint density at radius 3 is 2.57 bits per heavy atom. The van der Waals surface area contributed by atoms with E-state index in [2.05, 4.69) is 20.8 Å². The highest BCUT2D eigenvalue weighted by Crippen LogP contribution is 2.25. The van der Waals surface area contributed by atoms with Gasteiger partial charge in [-0.2, -0.15) is 5.10 Å². The smallest absolute Gasteiger partial charge is 0.288 e. The third kappa shape index (κ3) is 4.33. The molecular weight excluding hydrogens is 380 g/mol. The predicted molar refractivity (Wildman–Crippen MR) is 118 cm³/mol. The molecule has 8 heteroatoms. The fraction of sp³-hybridized carbons (Fsp3) is 0.227. The topological polar surface area (TPSA) is 129 Å². The lowest BCUT2D eigenvalue weighted by molar-refractivity contribution is 0.479. The summed E-state index contributed by atoms with van der Waals surface area (Å²) in [6.45, 7) is 1.72. The highest BCUT2D eigenvalue weighted by molar-refractivity contribution is 6.16. The van der Waals surface area contributed by atoms with Gasteiger partial charge in [0.25, 0.3) is 5.56 Å². The Bertz CT molecular complexity index is 1070. The Hall–Kier alpha value is -3.65. The van der Waals surface area contributed by atoms with Crippen molar-refractivity contribution in [1.82, 2.24) is 15.5 Å². The summed E-state index contributed by atoms with van der Waals surface area (Å²) < 4.78 is 5.80. The number of nitrogens with two attached hydrogens (primary N) is 1. The molecule has 4 rings (SSSR count). The first-order chi connectivity index (χ1) is 14.6. The minimum absolute atomic E-state index is 0.0925. The molecule has 3 aromatic rings. The summed E-state index contributed by atoms with van der Waals surface area (Å²) in [5.41, 5.74) is 7.00. The second-order valence-electron chi connectivity index (χ2n) is 7.19. The molecule has 8 nitrogen and oxygen atoms in total. The summed E-state index contributed by atoms with van der Waals surface area (Å²) in [7, 11) is 0. The first-order valence-corrected chi connectivity index (χ1v) is 9.89. The number of nitrogens with zero attached hydrogens (tertiary/aromatic N) is 1. The molecule has 0 amide bonds. The fourth-order valence-electron chi connectivity index (χ4n) is 3.49. The molecule has 1 aliphatic rings. The first kappa shape index (κ1) is 19.7. The number of benzene rings is 2. The Morgan fingerprint density at radius 2 is 1.87 bits per heavy atom. The van der Waals surface area contributed by atoms with Crippen molar-refractivity contribution in [3.8, 4) is 11.5 Å². The molecule has 154 valence electrons. The Morgan fingerprint density at radius 1 is 1.13 bits per heavy atom. The monoisotopic (exact) mass is 404 g/mol. The molecule has 2 aromatic carbocycles. The molecule has 0 bridgehead atoms. The molecule has 30 heavy (non-hydrogen) atoms. The van der Waals surface area contributed by atoms with Crippen LogP contribution in [0.4, 0.5) is 11.5 Å². The molecule has 1 aromatic heterocycles. The lowest BCUT2D eigenvalue weighted by Gasteiger charge is -2.25. The number of hydrogen-bond acceptors (Lipinski definition) is 7. The van der Waals surface area contributed by atoms with E-state index in [-0.39, 0.29) is 23.3 Å². The van der Waals surface area contributed by atoms with Gasteiger partial charge in [0.2, 0.25) is 0 Å². The van der Waals surface area contributed by atoms with Crippen LogP contribution in [0, 0.1) is 5.41 Å². The Kier molecular flexibility index (Phi) is 5.76. The number of nitrogen functional groups attached to an aromatic ring is 1. The molecule has 0 saturated carbocycles. The summed E-state index contributed by atoms with van der Waals surface area (Å²) in [6, 6.07) is 16.7. The largest absolute Gasteiger partial charge is 0.457 e. The zero-order chi connectivity index (χ0) is 20.9. The number of aromatic amines is 1. The molecule has 1 fully saturated rings. The number of anilines is 2. The minimum Gasteiger partial charge on any atom is -0.457 e. The highest BCUT2D eigenvalue weighted by atomic mass is 16.5. The number of nitrogens with one attached hydrogen (secondary N) is 4. The van der Waals surface area contributed by atoms with Crippen LogP contribution in [0.5, 0.6) is 11.5 Å². The van der Waals surface area contributed by atoms with Gasteiger partial charge < -0.3 is 21.1 Å². The van der Waals surface area contributed by atoms with Crippen LogP contribution in [0.3, 0.4) is 0 Å². The van der Waals surface area contributed by atoms with E-state index in [1.54, 1.807) is 24.3 Å². The maximum atomic E-state index is 12.5. The van der Waals surface area contributed by atoms with Crippen molar-refractivity contribution in [1.29, 1.82) is 5.41 Å². The predicted octanol–water partition coefficient (Wildman–Crippen LogP) is 2.72. The number of rotatable bonds is 6. The molecule has 1 unspecified atom stereocenters. The van der Waals surface area contributed by atoms with Crippen LogP contribution in [0.2, 0.25) is 0 Å². The van der Waals surface area contributed by atoms with E-state index in [9.17, 15) is 4.79 Å². The van der Waals surface area contributed by atoms with Crippen molar-refractivity contribution in [3.63, 3.8) is 0 Å². The van der Waals surface area contributed by atoms with Gasteiger partial charge in [0.05, 0.1) is 11.3 Å². The molecular formula is C22H24N6O2. The molecule has 0 aliphatic carbocycles. The van der Waals surface area contributed by atoms with E-state index >= 15 is 0 Å². The van der Waals surface area contributed by atoms with Crippen LogP contribution in [-0.4, -0.2) is 35.0 Å². The van der Waals surface area contributed by atoms with E-state index in [4.69, 9.17) is 15.9 Å². The van der Waals surface area contributed by atoms with Gasteiger partial charge in [-0.15, -0.1) is 0 Å². The lowest BCUT2D eigenvalue weighted by Crippen LogP contribution is -2.40. The van der Waals surface area contributed by atoms with Gasteiger partial charge >= 0.3 is 0 Å². The van der Waals surface area contributed by atoms with E-state index in [1.807, 2.05) is 30.3 Å². The van der Waals surface area contributed by atoms with Crippen molar-refractivity contribution in [2.45, 2.75) is 18.9 Å². The van der Waals surface area contributed by atoms with Crippen LogP contribution < -0.4 is 26.7 Å². The van der Waals surface area contributed by atoms with Gasteiger partial charge in [0, 0.05) is 18.2 Å². The average Bonchev–Trinajstić information content (AvgIpc) is 2.78. The van der Waals surface area contributed by atoms with Gasteiger partial charge in [0.1, 0.15) is 17.2 Å². The molecule has 1 atom stereocenters. The summed E-state index contributed by atoms with van der Waals surface area (Å²) in [4.78, 5) is 12.5. The summed E-state index contributed by atoms with van der Waals surface area (Å²) in [5, 5.41) is 21.5. The highest BCUT2D eigenvalue weighted by Gasteiger charge is 2.22. The van der Waals surface area contributed by atoms with Crippen molar-refractivity contribution in [3.05, 3.63) is 76.1 Å². The molecule has 2 heterocycles. The average molecular weight is 404 g/mol. The number of aromatic nitrogens is 2. The normalized spacial score (nSPS) is 16.1. The zero-order valence-electron chi connectivity index (χ0n) is 16.4. The van der Waals surface area contributed by atoms with Crippen molar-refractivity contribution in [2.24, 2.45) is 0 Å². The van der Waals surface area contributed by atoms with Crippen molar-refractivity contribution >= 4 is 17.2 Å². The lowest BCUT2D eigenvalue weighted by atomic mass is 10.0. The van der Waals surface area contributed by atoms with Crippen LogP contribution >= 0.6 is 0 Å². The SMILES string of the molecule is N=C(c1ccc(Oc2ccccc2)cc1)c1c(N)n[nH]c(=O)c1NC1CCCNC1. The van der Waals surface area contributed by atoms with Crippen LogP contribution in [-0.2, 0) is 0 Å². The third-order valence-corrected chi connectivity index (χ3v) is 5.03. The second kappa shape index (κ2) is 8.79. The first-order valence-electron chi connectivity index (χ1n) is 9.89. The third-order valence-electron chi connectivity index (χ3n) is 5.03. The van der Waals surface area contributed by atoms with Crippen LogP contribution in [0.25, 0.3) is 0 Å². The van der Waals surface area contributed by atoms with Gasteiger partial charge in [0.15, 0.2) is 5.82 Å². The number of para-hydroxylation sites is 1. The van der Waals surface area contributed by atoms with Crippen LogP contribution in [0.15, 0.2) is 59.4 Å². The van der Waals surface area contributed by atoms with Crippen molar-refractivity contribution < 1.29 is 4.74 Å². The maximum Gasteiger partial charge on any atom is 0.288 e. The summed E-state index contributed by atoms with van der Waals surface area (Å²) in [6.07, 6.45) is 1.96. The number of ether oxygens (including phenoxy) is 1. The Labute approximate surface area is 174 Å². The van der Waals surface area contributed by atoms with Gasteiger partial charge in [-0.05, 0) is 55.8 Å². The maximum absolute atomic E-state index is 12.5. The number of hydrogen-bond donors (Lipinski definition) is 5. The molecule has 1 saturated heterocycles. The van der Waals surface area contributed by atoms with E-state index < -0.39 is 5.56 Å². The minimum atomic E-state index is -0.390. The van der Waals surface area contributed by atoms with Crippen LogP contribution in [0.1, 0.15) is 24.0 Å². The van der Waals surface area contributed by atoms with E-state index in [0.29, 0.717) is 16.9 Å². The summed E-state index contributed by atoms with van der Waals surface area (Å²) >= 11 is 0. The van der Waals surface area contributed by atoms with Gasteiger partial charge in [-0.25, -0.2) is 5.10 Å². The van der Waals surface area contributed by atoms with Crippen molar-refractivity contribution in [2.75, 3.05) is 24.1 Å². The Balaban J connectivity index is 1.59. The fourth-order valence-corrected chi connectivity index (χ4v) is 3.49. The van der Waals surface area contributed by atoms with Gasteiger partial charge in [-0.1, -0.05) is 18.2 Å². The van der Waals surface area contributed by atoms with Gasteiger partial charge in [-0.3, -0.25) is 10.2 Å². The summed E-state index contributed by atoms with van der Waals surface area (Å²) in [5.74, 6) is 1.49. The number of piperidine rings is 1. The quantitative estimate of drug-likeness (QED) is 0.402. The van der Waals surface area contributed by atoms with E-state index in [0.717, 1.165) is 31.7 Å². The molecule has 0 spiro atoms. The molecule has 1 aliphatic heterocycles. The van der Waals surface area contributed by atoms with E-state index in [1.165, 1.54) is 0 Å². The second-order valence-corrected chi connectivity index (χ2v) is 7.19. The zero-order valence-corrected chi connectivity index (χ0v) is 16.4. The number of H-pyrrole nitrogens is 1. The molecule has 6 N–H and O–H groups in total. The standard InChI is InChI=1S/C22H24N6O2/c23-19(14-8-10-17(11-9-14)30-16-6-2-1-3-7-16)18-20(22(29)28-27-21(18)24)26-15-5-4-12-25-13-15/h1-3,6-11,15,23,25H,4-5,12-13H2,(H,28,29)(H3,24,26,27).